The van der Waals surface area contributed by atoms with Gasteiger partial charge in [-0.15, -0.1) is 0 Å². The van der Waals surface area contributed by atoms with Gasteiger partial charge in [-0.05, 0) is 31.2 Å². The minimum Gasteiger partial charge on any atom is -0.319 e. The van der Waals surface area contributed by atoms with E-state index in [0.717, 1.165) is 0 Å². The molecule has 0 aliphatic carbocycles. The smallest absolute Gasteiger partial charge is 0.259 e. The maximum atomic E-state index is 13.9. The van der Waals surface area contributed by atoms with Crippen LogP contribution in [0, 0.1) is 18.6 Å². The zero-order valence-corrected chi connectivity index (χ0v) is 12.3. The number of halogens is 2. The van der Waals surface area contributed by atoms with Crippen molar-refractivity contribution in [3.8, 4) is 5.69 Å². The standard InChI is InChI=1S/C17H13F2N3O/c1-11-12(17(23)21-15-8-4-2-6-13(15)18)10-20-22(11)16-9-5-3-7-14(16)19/h2-10H,1H3,(H,21,23). The number of hydrogen-bond acceptors (Lipinski definition) is 2. The Morgan fingerprint density at radius 3 is 2.39 bits per heavy atom. The van der Waals surface area contributed by atoms with Crippen molar-refractivity contribution in [2.75, 3.05) is 5.32 Å². The second-order valence-corrected chi connectivity index (χ2v) is 4.94. The molecule has 6 heteroatoms. The van der Waals surface area contributed by atoms with E-state index in [1.807, 2.05) is 0 Å². The second kappa shape index (κ2) is 6.00. The monoisotopic (exact) mass is 313 g/mol. The van der Waals surface area contributed by atoms with E-state index in [-0.39, 0.29) is 16.9 Å². The molecule has 0 unspecified atom stereocenters. The first kappa shape index (κ1) is 14.9. The summed E-state index contributed by atoms with van der Waals surface area (Å²) in [5.74, 6) is -1.48. The maximum absolute atomic E-state index is 13.9. The Balaban J connectivity index is 1.92. The van der Waals surface area contributed by atoms with Crippen molar-refractivity contribution >= 4 is 11.6 Å². The van der Waals surface area contributed by atoms with Crippen molar-refractivity contribution in [3.63, 3.8) is 0 Å². The summed E-state index contributed by atoms with van der Waals surface area (Å²) in [5, 5.41) is 6.54. The molecule has 0 aliphatic rings. The van der Waals surface area contributed by atoms with Crippen LogP contribution in [0.1, 0.15) is 16.1 Å². The predicted molar refractivity (Wildman–Crippen MR) is 82.6 cm³/mol. The van der Waals surface area contributed by atoms with Gasteiger partial charge in [0.2, 0.25) is 0 Å². The van der Waals surface area contributed by atoms with Gasteiger partial charge >= 0.3 is 0 Å². The normalized spacial score (nSPS) is 10.6. The molecule has 2 aromatic carbocycles. The van der Waals surface area contributed by atoms with E-state index in [4.69, 9.17) is 0 Å². The average molecular weight is 313 g/mol. The zero-order chi connectivity index (χ0) is 16.4. The SMILES string of the molecule is Cc1c(C(=O)Nc2ccccc2F)cnn1-c1ccccc1F. The van der Waals surface area contributed by atoms with Crippen molar-refractivity contribution < 1.29 is 13.6 Å². The van der Waals surface area contributed by atoms with Crippen LogP contribution < -0.4 is 5.32 Å². The number of aromatic nitrogens is 2. The van der Waals surface area contributed by atoms with Crippen LogP contribution in [0.15, 0.2) is 54.7 Å². The predicted octanol–water partition coefficient (Wildman–Crippen LogP) is 3.71. The largest absolute Gasteiger partial charge is 0.319 e. The fraction of sp³-hybridized carbons (Fsp3) is 0.0588. The summed E-state index contributed by atoms with van der Waals surface area (Å²) in [7, 11) is 0. The molecule has 1 heterocycles. The van der Waals surface area contributed by atoms with Gasteiger partial charge in [-0.2, -0.15) is 5.10 Å². The molecule has 0 aliphatic heterocycles. The van der Waals surface area contributed by atoms with Crippen LogP contribution >= 0.6 is 0 Å². The number of nitrogens with one attached hydrogen (secondary N) is 1. The first-order valence-electron chi connectivity index (χ1n) is 6.93. The number of benzene rings is 2. The van der Waals surface area contributed by atoms with Gasteiger partial charge in [0.15, 0.2) is 0 Å². The third-order valence-corrected chi connectivity index (χ3v) is 3.46. The van der Waals surface area contributed by atoms with Gasteiger partial charge in [-0.1, -0.05) is 24.3 Å². The molecule has 0 saturated heterocycles. The maximum Gasteiger partial charge on any atom is 0.259 e. The highest BCUT2D eigenvalue weighted by Gasteiger charge is 2.17. The molecule has 4 nitrogen and oxygen atoms in total. The Bertz CT molecular complexity index is 874. The fourth-order valence-corrected chi connectivity index (χ4v) is 2.25. The van der Waals surface area contributed by atoms with Gasteiger partial charge in [-0.3, -0.25) is 4.79 Å². The summed E-state index contributed by atoms with van der Waals surface area (Å²) in [6.07, 6.45) is 1.33. The minimum atomic E-state index is -0.528. The molecule has 0 atom stereocenters. The molecule has 0 bridgehead atoms. The Morgan fingerprint density at radius 1 is 1.04 bits per heavy atom. The van der Waals surface area contributed by atoms with E-state index in [1.165, 1.54) is 35.1 Å². The Labute approximate surface area is 131 Å². The summed E-state index contributed by atoms with van der Waals surface area (Å²) in [6.45, 7) is 1.65. The molecule has 0 fully saturated rings. The number of anilines is 1. The Hall–Kier alpha value is -3.02. The molecule has 1 N–H and O–H groups in total. The molecule has 23 heavy (non-hydrogen) atoms. The van der Waals surface area contributed by atoms with Crippen LogP contribution in [-0.2, 0) is 0 Å². The van der Waals surface area contributed by atoms with Crippen LogP contribution in [0.2, 0.25) is 0 Å². The topological polar surface area (TPSA) is 46.9 Å². The molecule has 0 radical (unpaired) electrons. The summed E-state index contributed by atoms with van der Waals surface area (Å²) < 4.78 is 28.8. The van der Waals surface area contributed by atoms with Gasteiger partial charge < -0.3 is 5.32 Å². The van der Waals surface area contributed by atoms with E-state index in [2.05, 4.69) is 10.4 Å². The molecule has 1 aromatic heterocycles. The highest BCUT2D eigenvalue weighted by molar-refractivity contribution is 6.05. The molecule has 1 amide bonds. The molecule has 3 aromatic rings. The lowest BCUT2D eigenvalue weighted by Gasteiger charge is -2.08. The Kier molecular flexibility index (Phi) is 3.89. The van der Waals surface area contributed by atoms with Gasteiger partial charge in [0.1, 0.15) is 17.3 Å². The molecule has 0 saturated carbocycles. The van der Waals surface area contributed by atoms with Crippen LogP contribution in [0.3, 0.4) is 0 Å². The highest BCUT2D eigenvalue weighted by atomic mass is 19.1. The second-order valence-electron chi connectivity index (χ2n) is 4.94. The van der Waals surface area contributed by atoms with E-state index >= 15 is 0 Å². The number of hydrogen-bond donors (Lipinski definition) is 1. The summed E-state index contributed by atoms with van der Waals surface area (Å²) >= 11 is 0. The summed E-state index contributed by atoms with van der Waals surface area (Å²) in [5.41, 5.74) is 1.03. The first-order valence-corrected chi connectivity index (χ1v) is 6.93. The van der Waals surface area contributed by atoms with E-state index < -0.39 is 17.5 Å². The molecule has 116 valence electrons. The Morgan fingerprint density at radius 2 is 1.70 bits per heavy atom. The van der Waals surface area contributed by atoms with E-state index in [0.29, 0.717) is 5.69 Å². The molecular formula is C17H13F2N3O. The van der Waals surface area contributed by atoms with Crippen LogP contribution in [0.4, 0.5) is 14.5 Å². The van der Waals surface area contributed by atoms with Crippen LogP contribution in [-0.4, -0.2) is 15.7 Å². The number of carbonyl (C=O) groups is 1. The van der Waals surface area contributed by atoms with Crippen LogP contribution in [0.5, 0.6) is 0 Å². The van der Waals surface area contributed by atoms with Crippen molar-refractivity contribution in [2.45, 2.75) is 6.92 Å². The number of carbonyl (C=O) groups excluding carboxylic acids is 1. The first-order chi connectivity index (χ1) is 11.1. The zero-order valence-electron chi connectivity index (χ0n) is 12.3. The van der Waals surface area contributed by atoms with Gasteiger partial charge in [0.25, 0.3) is 5.91 Å². The van der Waals surface area contributed by atoms with Gasteiger partial charge in [-0.25, -0.2) is 13.5 Å². The van der Waals surface area contributed by atoms with Gasteiger partial charge in [0, 0.05) is 0 Å². The number of para-hydroxylation sites is 2. The van der Waals surface area contributed by atoms with Crippen LogP contribution in [0.25, 0.3) is 5.69 Å². The van der Waals surface area contributed by atoms with Crippen molar-refractivity contribution in [2.24, 2.45) is 0 Å². The molecule has 3 rings (SSSR count). The number of amides is 1. The fourth-order valence-electron chi connectivity index (χ4n) is 2.25. The van der Waals surface area contributed by atoms with Crippen molar-refractivity contribution in [1.82, 2.24) is 9.78 Å². The third-order valence-electron chi connectivity index (χ3n) is 3.46. The van der Waals surface area contributed by atoms with E-state index in [9.17, 15) is 13.6 Å². The lowest BCUT2D eigenvalue weighted by Crippen LogP contribution is -2.14. The quantitative estimate of drug-likeness (QED) is 0.801. The minimum absolute atomic E-state index is 0.0792. The molecular weight excluding hydrogens is 300 g/mol. The summed E-state index contributed by atoms with van der Waals surface area (Å²) in [4.78, 5) is 12.3. The lowest BCUT2D eigenvalue weighted by atomic mass is 10.2. The molecule has 0 spiro atoms. The van der Waals surface area contributed by atoms with Gasteiger partial charge in [0.05, 0.1) is 23.1 Å². The van der Waals surface area contributed by atoms with Crippen molar-refractivity contribution in [1.29, 1.82) is 0 Å². The number of rotatable bonds is 3. The lowest BCUT2D eigenvalue weighted by molar-refractivity contribution is 0.102. The van der Waals surface area contributed by atoms with Crippen molar-refractivity contribution in [3.05, 3.63) is 77.6 Å². The average Bonchev–Trinajstić information content (AvgIpc) is 2.92. The third kappa shape index (κ3) is 2.83. The number of nitrogens with zero attached hydrogens (tertiary/aromatic N) is 2. The van der Waals surface area contributed by atoms with E-state index in [1.54, 1.807) is 31.2 Å². The highest BCUT2D eigenvalue weighted by Crippen LogP contribution is 2.19. The summed E-state index contributed by atoms with van der Waals surface area (Å²) in [6, 6.07) is 12.0.